The molecule has 0 heterocycles. The second-order valence-electron chi connectivity index (χ2n) is 3.96. The summed E-state index contributed by atoms with van der Waals surface area (Å²) in [7, 11) is 1.32. The molecule has 0 saturated carbocycles. The average molecular weight is 268 g/mol. The van der Waals surface area contributed by atoms with E-state index in [1.807, 2.05) is 0 Å². The van der Waals surface area contributed by atoms with Crippen molar-refractivity contribution in [2.45, 2.75) is 6.10 Å². The maximum Gasteiger partial charge on any atom is 0.133 e. The van der Waals surface area contributed by atoms with Gasteiger partial charge in [0.2, 0.25) is 0 Å². The van der Waals surface area contributed by atoms with Gasteiger partial charge in [-0.25, -0.2) is 13.2 Å². The number of halogens is 3. The molecule has 100 valence electrons. The maximum absolute atomic E-state index is 13.7. The van der Waals surface area contributed by atoms with E-state index in [1.54, 1.807) is 0 Å². The molecule has 1 unspecified atom stereocenters. The summed E-state index contributed by atoms with van der Waals surface area (Å²) in [6, 6.07) is 6.57. The molecule has 19 heavy (non-hydrogen) atoms. The van der Waals surface area contributed by atoms with Crippen LogP contribution in [-0.2, 0) is 0 Å². The van der Waals surface area contributed by atoms with Crippen molar-refractivity contribution in [2.24, 2.45) is 0 Å². The highest BCUT2D eigenvalue weighted by atomic mass is 19.1. The summed E-state index contributed by atoms with van der Waals surface area (Å²) in [5.74, 6) is -2.29. The van der Waals surface area contributed by atoms with Crippen molar-refractivity contribution in [1.29, 1.82) is 0 Å². The Bertz CT molecular complexity index is 579. The molecular weight excluding hydrogens is 257 g/mol. The van der Waals surface area contributed by atoms with E-state index in [9.17, 15) is 18.3 Å². The number of rotatable bonds is 3. The highest BCUT2D eigenvalue weighted by Crippen LogP contribution is 2.32. The SMILES string of the molecule is COc1cccc(F)c1C(O)c1cc(F)cc(F)c1. The normalized spacial score (nSPS) is 12.3. The van der Waals surface area contributed by atoms with Crippen LogP contribution in [-0.4, -0.2) is 12.2 Å². The van der Waals surface area contributed by atoms with Crippen LogP contribution in [0.2, 0.25) is 0 Å². The van der Waals surface area contributed by atoms with Crippen LogP contribution in [0.15, 0.2) is 36.4 Å². The van der Waals surface area contributed by atoms with E-state index in [0.717, 1.165) is 18.2 Å². The van der Waals surface area contributed by atoms with Gasteiger partial charge in [0, 0.05) is 6.07 Å². The van der Waals surface area contributed by atoms with E-state index in [4.69, 9.17) is 4.74 Å². The van der Waals surface area contributed by atoms with Crippen LogP contribution in [0.4, 0.5) is 13.2 Å². The Morgan fingerprint density at radius 3 is 2.26 bits per heavy atom. The third kappa shape index (κ3) is 2.71. The highest BCUT2D eigenvalue weighted by molar-refractivity contribution is 5.41. The van der Waals surface area contributed by atoms with Gasteiger partial charge >= 0.3 is 0 Å². The van der Waals surface area contributed by atoms with Gasteiger partial charge in [0.25, 0.3) is 0 Å². The Kier molecular flexibility index (Phi) is 3.76. The minimum Gasteiger partial charge on any atom is -0.496 e. The Morgan fingerprint density at radius 1 is 1.05 bits per heavy atom. The summed E-state index contributed by atoms with van der Waals surface area (Å²) in [6.07, 6.45) is -1.51. The Hall–Kier alpha value is -2.01. The Morgan fingerprint density at radius 2 is 1.68 bits per heavy atom. The summed E-state index contributed by atoms with van der Waals surface area (Å²) < 4.78 is 44.9. The first-order valence-corrected chi connectivity index (χ1v) is 5.49. The lowest BCUT2D eigenvalue weighted by molar-refractivity contribution is 0.208. The zero-order valence-electron chi connectivity index (χ0n) is 10.0. The maximum atomic E-state index is 13.7. The second kappa shape index (κ2) is 5.32. The van der Waals surface area contributed by atoms with Crippen molar-refractivity contribution in [3.63, 3.8) is 0 Å². The zero-order valence-corrected chi connectivity index (χ0v) is 10.0. The molecule has 0 aliphatic heterocycles. The van der Waals surface area contributed by atoms with Crippen LogP contribution >= 0.6 is 0 Å². The first-order chi connectivity index (χ1) is 9.02. The van der Waals surface area contributed by atoms with Crippen molar-refractivity contribution >= 4 is 0 Å². The molecule has 0 spiro atoms. The fourth-order valence-electron chi connectivity index (χ4n) is 1.86. The van der Waals surface area contributed by atoms with Gasteiger partial charge in [-0.05, 0) is 29.8 Å². The molecule has 1 atom stereocenters. The van der Waals surface area contributed by atoms with Crippen LogP contribution in [0, 0.1) is 17.5 Å². The fourth-order valence-corrected chi connectivity index (χ4v) is 1.86. The number of hydrogen-bond acceptors (Lipinski definition) is 2. The molecule has 2 aromatic carbocycles. The molecule has 0 saturated heterocycles. The summed E-state index contributed by atoms with van der Waals surface area (Å²) in [6.45, 7) is 0. The summed E-state index contributed by atoms with van der Waals surface area (Å²) in [5, 5.41) is 10.1. The smallest absolute Gasteiger partial charge is 0.133 e. The lowest BCUT2D eigenvalue weighted by Gasteiger charge is -2.16. The van der Waals surface area contributed by atoms with E-state index < -0.39 is 23.6 Å². The van der Waals surface area contributed by atoms with E-state index in [2.05, 4.69) is 0 Å². The molecule has 2 aromatic rings. The standard InChI is InChI=1S/C14H11F3O2/c1-19-12-4-2-3-11(17)13(12)14(18)8-5-9(15)7-10(16)6-8/h2-7,14,18H,1H3. The third-order valence-electron chi connectivity index (χ3n) is 2.71. The van der Waals surface area contributed by atoms with E-state index in [-0.39, 0.29) is 16.9 Å². The van der Waals surface area contributed by atoms with Gasteiger partial charge in [-0.1, -0.05) is 6.07 Å². The second-order valence-corrected chi connectivity index (χ2v) is 3.96. The summed E-state index contributed by atoms with van der Waals surface area (Å²) >= 11 is 0. The van der Waals surface area contributed by atoms with Gasteiger partial charge in [0.15, 0.2) is 0 Å². The first kappa shape index (κ1) is 13.4. The molecule has 5 heteroatoms. The molecule has 0 radical (unpaired) electrons. The fraction of sp³-hybridized carbons (Fsp3) is 0.143. The number of ether oxygens (including phenoxy) is 1. The van der Waals surface area contributed by atoms with Gasteiger partial charge in [-0.15, -0.1) is 0 Å². The molecular formula is C14H11F3O2. The molecule has 0 aliphatic carbocycles. The predicted molar refractivity (Wildman–Crippen MR) is 63.4 cm³/mol. The third-order valence-corrected chi connectivity index (χ3v) is 2.71. The molecule has 0 bridgehead atoms. The van der Waals surface area contributed by atoms with Crippen LogP contribution < -0.4 is 4.74 Å². The Labute approximate surface area is 108 Å². The molecule has 2 nitrogen and oxygen atoms in total. The predicted octanol–water partition coefficient (Wildman–Crippen LogP) is 3.19. The van der Waals surface area contributed by atoms with Gasteiger partial charge < -0.3 is 9.84 Å². The van der Waals surface area contributed by atoms with Crippen LogP contribution in [0.5, 0.6) is 5.75 Å². The zero-order chi connectivity index (χ0) is 14.0. The lowest BCUT2D eigenvalue weighted by Crippen LogP contribution is -2.06. The Balaban J connectivity index is 2.52. The van der Waals surface area contributed by atoms with E-state index >= 15 is 0 Å². The molecule has 0 aliphatic rings. The van der Waals surface area contributed by atoms with E-state index in [0.29, 0.717) is 6.07 Å². The van der Waals surface area contributed by atoms with Gasteiger partial charge in [0.1, 0.15) is 29.3 Å². The topological polar surface area (TPSA) is 29.5 Å². The van der Waals surface area contributed by atoms with Crippen molar-refractivity contribution in [1.82, 2.24) is 0 Å². The number of benzene rings is 2. The summed E-state index contributed by atoms with van der Waals surface area (Å²) in [4.78, 5) is 0. The largest absolute Gasteiger partial charge is 0.496 e. The van der Waals surface area contributed by atoms with Crippen molar-refractivity contribution in [3.05, 3.63) is 65.0 Å². The molecule has 1 N–H and O–H groups in total. The summed E-state index contributed by atoms with van der Waals surface area (Å²) in [5.41, 5.74) is -0.240. The van der Waals surface area contributed by atoms with Gasteiger partial charge in [-0.3, -0.25) is 0 Å². The van der Waals surface area contributed by atoms with E-state index in [1.165, 1.54) is 19.2 Å². The molecule has 0 aromatic heterocycles. The minimum atomic E-state index is -1.51. The number of aliphatic hydroxyl groups is 1. The lowest BCUT2D eigenvalue weighted by atomic mass is 10.00. The van der Waals surface area contributed by atoms with Gasteiger partial charge in [-0.2, -0.15) is 0 Å². The molecule has 0 amide bonds. The number of methoxy groups -OCH3 is 1. The quantitative estimate of drug-likeness (QED) is 0.926. The van der Waals surface area contributed by atoms with Crippen molar-refractivity contribution < 1.29 is 23.0 Å². The van der Waals surface area contributed by atoms with Crippen LogP contribution in [0.3, 0.4) is 0 Å². The minimum absolute atomic E-state index is 0.0825. The van der Waals surface area contributed by atoms with Crippen LogP contribution in [0.25, 0.3) is 0 Å². The first-order valence-electron chi connectivity index (χ1n) is 5.49. The van der Waals surface area contributed by atoms with Crippen LogP contribution in [0.1, 0.15) is 17.2 Å². The monoisotopic (exact) mass is 268 g/mol. The van der Waals surface area contributed by atoms with Crippen molar-refractivity contribution in [2.75, 3.05) is 7.11 Å². The van der Waals surface area contributed by atoms with Gasteiger partial charge in [0.05, 0.1) is 12.7 Å². The van der Waals surface area contributed by atoms with Crippen molar-refractivity contribution in [3.8, 4) is 5.75 Å². The number of hydrogen-bond donors (Lipinski definition) is 1. The molecule has 2 rings (SSSR count). The highest BCUT2D eigenvalue weighted by Gasteiger charge is 2.21. The molecule has 0 fully saturated rings. The average Bonchev–Trinajstić information content (AvgIpc) is 2.36. The number of aliphatic hydroxyl groups excluding tert-OH is 1.